The Morgan fingerprint density at radius 3 is 2.83 bits per heavy atom. The number of nitrogens with one attached hydrogen (secondary N) is 1. The quantitative estimate of drug-likeness (QED) is 0.912. The minimum absolute atomic E-state index is 0. The third-order valence-corrected chi connectivity index (χ3v) is 4.63. The van der Waals surface area contributed by atoms with Crippen LogP contribution in [0.4, 0.5) is 0 Å². The van der Waals surface area contributed by atoms with Crippen molar-refractivity contribution in [2.75, 3.05) is 39.3 Å². The predicted molar refractivity (Wildman–Crippen MR) is 79.7 cm³/mol. The van der Waals surface area contributed by atoms with Crippen molar-refractivity contribution in [1.29, 1.82) is 0 Å². The van der Waals surface area contributed by atoms with Gasteiger partial charge in [-0.3, -0.25) is 9.80 Å². The van der Waals surface area contributed by atoms with E-state index in [0.717, 1.165) is 12.6 Å². The van der Waals surface area contributed by atoms with Crippen LogP contribution in [-0.2, 0) is 6.54 Å². The lowest BCUT2D eigenvalue weighted by Crippen LogP contribution is -2.49. The molecule has 2 saturated heterocycles. The molecule has 1 aromatic rings. The fourth-order valence-electron chi connectivity index (χ4n) is 2.94. The molecule has 5 heteroatoms. The zero-order valence-electron chi connectivity index (χ0n) is 10.7. The molecule has 3 heterocycles. The molecule has 1 unspecified atom stereocenters. The summed E-state index contributed by atoms with van der Waals surface area (Å²) in [5.74, 6) is 0. The van der Waals surface area contributed by atoms with Crippen molar-refractivity contribution in [3.05, 3.63) is 22.4 Å². The van der Waals surface area contributed by atoms with Crippen molar-refractivity contribution in [2.24, 2.45) is 0 Å². The molecular weight excluding hydrogens is 266 g/mol. The highest BCUT2D eigenvalue weighted by molar-refractivity contribution is 7.07. The van der Waals surface area contributed by atoms with Crippen molar-refractivity contribution >= 4 is 23.7 Å². The molecule has 3 rings (SSSR count). The van der Waals surface area contributed by atoms with Gasteiger partial charge in [0.05, 0.1) is 0 Å². The van der Waals surface area contributed by atoms with E-state index in [9.17, 15) is 0 Å². The molecule has 1 atom stereocenters. The van der Waals surface area contributed by atoms with E-state index < -0.39 is 0 Å². The van der Waals surface area contributed by atoms with E-state index >= 15 is 0 Å². The lowest BCUT2D eigenvalue weighted by Gasteiger charge is -2.32. The molecule has 102 valence electrons. The summed E-state index contributed by atoms with van der Waals surface area (Å²) in [7, 11) is 0. The molecule has 0 spiro atoms. The Labute approximate surface area is 120 Å². The van der Waals surface area contributed by atoms with Gasteiger partial charge in [0.25, 0.3) is 0 Å². The summed E-state index contributed by atoms with van der Waals surface area (Å²) in [6.07, 6.45) is 1.35. The SMILES string of the molecule is Cl.c1cc(CN2CCC(N3CCNCC3)C2)cs1. The maximum atomic E-state index is 3.43. The molecule has 0 amide bonds. The second kappa shape index (κ2) is 6.87. The minimum atomic E-state index is 0. The van der Waals surface area contributed by atoms with Crippen LogP contribution in [0.3, 0.4) is 0 Å². The highest BCUT2D eigenvalue weighted by atomic mass is 35.5. The van der Waals surface area contributed by atoms with Crippen LogP contribution in [0.2, 0.25) is 0 Å². The Kier molecular flexibility index (Phi) is 5.45. The molecule has 18 heavy (non-hydrogen) atoms. The van der Waals surface area contributed by atoms with Gasteiger partial charge in [0.15, 0.2) is 0 Å². The van der Waals surface area contributed by atoms with E-state index in [-0.39, 0.29) is 12.4 Å². The van der Waals surface area contributed by atoms with Gasteiger partial charge in [-0.1, -0.05) is 0 Å². The number of piperazine rings is 1. The van der Waals surface area contributed by atoms with Gasteiger partial charge in [-0.05, 0) is 28.8 Å². The second-order valence-corrected chi connectivity index (χ2v) is 5.88. The van der Waals surface area contributed by atoms with Gasteiger partial charge in [-0.15, -0.1) is 12.4 Å². The molecular formula is C13H22ClN3S. The Balaban J connectivity index is 0.00000120. The van der Waals surface area contributed by atoms with E-state index in [1.807, 2.05) is 0 Å². The predicted octanol–water partition coefficient (Wildman–Crippen LogP) is 1.65. The summed E-state index contributed by atoms with van der Waals surface area (Å²) in [5, 5.41) is 7.89. The van der Waals surface area contributed by atoms with Crippen molar-refractivity contribution in [2.45, 2.75) is 19.0 Å². The van der Waals surface area contributed by atoms with E-state index in [1.165, 1.54) is 51.3 Å². The van der Waals surface area contributed by atoms with Crippen LogP contribution in [-0.4, -0.2) is 55.1 Å². The molecule has 2 fully saturated rings. The number of rotatable bonds is 3. The Morgan fingerprint density at radius 2 is 2.11 bits per heavy atom. The summed E-state index contributed by atoms with van der Waals surface area (Å²) in [4.78, 5) is 5.28. The number of hydrogen-bond acceptors (Lipinski definition) is 4. The molecule has 0 radical (unpaired) electrons. The number of thiophene rings is 1. The van der Waals surface area contributed by atoms with Gasteiger partial charge in [-0.2, -0.15) is 11.3 Å². The zero-order chi connectivity index (χ0) is 11.5. The second-order valence-electron chi connectivity index (χ2n) is 5.10. The van der Waals surface area contributed by atoms with Crippen LogP contribution in [0.5, 0.6) is 0 Å². The fourth-order valence-corrected chi connectivity index (χ4v) is 3.60. The first-order valence-electron chi connectivity index (χ1n) is 6.60. The van der Waals surface area contributed by atoms with Crippen molar-refractivity contribution < 1.29 is 0 Å². The summed E-state index contributed by atoms with van der Waals surface area (Å²) in [6, 6.07) is 3.05. The third-order valence-electron chi connectivity index (χ3n) is 3.90. The Bertz CT molecular complexity index is 338. The zero-order valence-corrected chi connectivity index (χ0v) is 12.3. The Hall–Kier alpha value is -0.130. The van der Waals surface area contributed by atoms with Crippen molar-refractivity contribution in [1.82, 2.24) is 15.1 Å². The number of likely N-dealkylation sites (tertiary alicyclic amines) is 1. The fraction of sp³-hybridized carbons (Fsp3) is 0.692. The molecule has 2 aliphatic rings. The molecule has 3 nitrogen and oxygen atoms in total. The van der Waals surface area contributed by atoms with Crippen molar-refractivity contribution in [3.63, 3.8) is 0 Å². The van der Waals surface area contributed by atoms with Crippen LogP contribution in [0.1, 0.15) is 12.0 Å². The van der Waals surface area contributed by atoms with E-state index in [0.29, 0.717) is 0 Å². The lowest BCUT2D eigenvalue weighted by molar-refractivity contribution is 0.170. The molecule has 2 aliphatic heterocycles. The molecule has 1 N–H and O–H groups in total. The normalized spacial score (nSPS) is 26.1. The maximum Gasteiger partial charge on any atom is 0.0242 e. The largest absolute Gasteiger partial charge is 0.314 e. The highest BCUT2D eigenvalue weighted by Gasteiger charge is 2.28. The maximum absolute atomic E-state index is 3.43. The van der Waals surface area contributed by atoms with Crippen LogP contribution < -0.4 is 5.32 Å². The molecule has 0 saturated carbocycles. The van der Waals surface area contributed by atoms with E-state index in [4.69, 9.17) is 0 Å². The summed E-state index contributed by atoms with van der Waals surface area (Å²) in [5.41, 5.74) is 1.48. The van der Waals surface area contributed by atoms with Crippen LogP contribution in [0, 0.1) is 0 Å². The first-order chi connectivity index (χ1) is 8.42. The molecule has 0 bridgehead atoms. The van der Waals surface area contributed by atoms with Gasteiger partial charge in [0.1, 0.15) is 0 Å². The lowest BCUT2D eigenvalue weighted by atomic mass is 10.2. The first kappa shape index (κ1) is 14.3. The van der Waals surface area contributed by atoms with E-state index in [2.05, 4.69) is 31.9 Å². The van der Waals surface area contributed by atoms with Crippen LogP contribution in [0.15, 0.2) is 16.8 Å². The molecule has 0 aromatic carbocycles. The summed E-state index contributed by atoms with van der Waals surface area (Å²) >= 11 is 1.81. The first-order valence-corrected chi connectivity index (χ1v) is 7.54. The average Bonchev–Trinajstić information content (AvgIpc) is 3.02. The number of hydrogen-bond donors (Lipinski definition) is 1. The van der Waals surface area contributed by atoms with Crippen LogP contribution in [0.25, 0.3) is 0 Å². The highest BCUT2D eigenvalue weighted by Crippen LogP contribution is 2.19. The summed E-state index contributed by atoms with van der Waals surface area (Å²) < 4.78 is 0. The monoisotopic (exact) mass is 287 g/mol. The van der Waals surface area contributed by atoms with Gasteiger partial charge >= 0.3 is 0 Å². The van der Waals surface area contributed by atoms with Crippen LogP contribution >= 0.6 is 23.7 Å². The summed E-state index contributed by atoms with van der Waals surface area (Å²) in [6.45, 7) is 8.47. The number of halogens is 1. The third kappa shape index (κ3) is 3.45. The smallest absolute Gasteiger partial charge is 0.0242 e. The number of nitrogens with zero attached hydrogens (tertiary/aromatic N) is 2. The van der Waals surface area contributed by atoms with Crippen molar-refractivity contribution in [3.8, 4) is 0 Å². The van der Waals surface area contributed by atoms with E-state index in [1.54, 1.807) is 11.3 Å². The van der Waals surface area contributed by atoms with Gasteiger partial charge in [0.2, 0.25) is 0 Å². The average molecular weight is 288 g/mol. The minimum Gasteiger partial charge on any atom is -0.314 e. The Morgan fingerprint density at radius 1 is 1.28 bits per heavy atom. The van der Waals surface area contributed by atoms with Gasteiger partial charge in [-0.25, -0.2) is 0 Å². The molecule has 1 aromatic heterocycles. The standard InChI is InChI=1S/C13H21N3S.ClH/c1-5-15(9-12-2-8-17-11-12)10-13(1)16-6-3-14-4-7-16;/h2,8,11,13-14H,1,3-7,9-10H2;1H. The van der Waals surface area contributed by atoms with Gasteiger partial charge in [0, 0.05) is 51.9 Å². The topological polar surface area (TPSA) is 18.5 Å². The van der Waals surface area contributed by atoms with Gasteiger partial charge < -0.3 is 5.32 Å². The molecule has 0 aliphatic carbocycles.